The maximum absolute atomic E-state index is 13.8. The zero-order chi connectivity index (χ0) is 37.4. The first-order valence-corrected chi connectivity index (χ1v) is 17.6. The van der Waals surface area contributed by atoms with E-state index >= 15 is 0 Å². The first-order chi connectivity index (χ1) is 25.1. The molecule has 11 heteroatoms. The molecule has 52 heavy (non-hydrogen) atoms. The molecule has 0 spiro atoms. The van der Waals surface area contributed by atoms with Crippen molar-refractivity contribution in [2.75, 3.05) is 27.9 Å². The molecule has 5 rings (SSSR count). The summed E-state index contributed by atoms with van der Waals surface area (Å²) < 4.78 is 24.6. The predicted octanol–water partition coefficient (Wildman–Crippen LogP) is 6.98. The lowest BCUT2D eigenvalue weighted by molar-refractivity contribution is -0.121. The summed E-state index contributed by atoms with van der Waals surface area (Å²) in [6, 6.07) is 12.8. The van der Waals surface area contributed by atoms with Crippen LogP contribution in [0.15, 0.2) is 54.7 Å². The number of carbonyl (C=O) groups is 3. The second kappa shape index (κ2) is 17.2. The van der Waals surface area contributed by atoms with Crippen molar-refractivity contribution < 1.29 is 43.5 Å². The van der Waals surface area contributed by atoms with Gasteiger partial charge in [-0.2, -0.15) is 0 Å². The van der Waals surface area contributed by atoms with E-state index in [9.17, 15) is 24.6 Å². The van der Waals surface area contributed by atoms with Gasteiger partial charge in [-0.1, -0.05) is 30.4 Å². The van der Waals surface area contributed by atoms with Crippen LogP contribution in [0.2, 0.25) is 0 Å². The highest BCUT2D eigenvalue weighted by molar-refractivity contribution is 5.98. The molecular weight excluding hydrogens is 664 g/mol. The molecule has 2 heterocycles. The van der Waals surface area contributed by atoms with Crippen molar-refractivity contribution in [3.8, 4) is 28.7 Å². The number of hydrogen-bond donors (Lipinski definition) is 3. The number of allylic oxidation sites excluding steroid dienone is 1. The van der Waals surface area contributed by atoms with Gasteiger partial charge in [0.05, 0.1) is 27.4 Å². The van der Waals surface area contributed by atoms with Crippen LogP contribution >= 0.6 is 0 Å². The number of para-hydroxylation sites is 1. The lowest BCUT2D eigenvalue weighted by Gasteiger charge is -2.24. The molecule has 3 aromatic carbocycles. The van der Waals surface area contributed by atoms with Crippen molar-refractivity contribution in [1.82, 2.24) is 9.88 Å². The summed E-state index contributed by atoms with van der Waals surface area (Å²) in [5, 5.41) is 27.7. The molecule has 1 aromatic heterocycles. The topological polar surface area (TPSA) is 146 Å². The Labute approximate surface area is 304 Å². The standard InChI is InChI=1S/C41H48N2O9/c1-25-12-11-15-29(44)14-8-6-7-13-26-20-33(45)38(39(47)37(26)41(48)52-25)31(28-21-34(49-3)40(51-5)35(22-28)50-4)23-36(46)42-19-18-27-24-43(2)32-17-10-9-16-30(27)32/h7,9-10,13,16-17,20-22,24-25,31,45,47H,6,8,11-12,14-15,18-19,23H2,1-5H3,(H,42,46)/t25-,31?/m0/s1. The Morgan fingerprint density at radius 3 is 2.44 bits per heavy atom. The molecule has 0 radical (unpaired) electrons. The molecule has 4 aromatic rings. The number of rotatable bonds is 10. The van der Waals surface area contributed by atoms with E-state index in [0.29, 0.717) is 74.3 Å². The molecule has 3 N–H and O–H groups in total. The minimum absolute atomic E-state index is 0.0260. The third kappa shape index (κ3) is 8.53. The highest BCUT2D eigenvalue weighted by atomic mass is 16.5. The van der Waals surface area contributed by atoms with Crippen LogP contribution in [0.1, 0.15) is 90.4 Å². The van der Waals surface area contributed by atoms with Crippen molar-refractivity contribution in [2.24, 2.45) is 7.05 Å². The van der Waals surface area contributed by atoms with Crippen LogP contribution in [0.3, 0.4) is 0 Å². The number of Topliss-reactive ketones (excluding diaryl/α,β-unsaturated/α-hetero) is 1. The van der Waals surface area contributed by atoms with E-state index in [4.69, 9.17) is 18.9 Å². The molecule has 11 nitrogen and oxygen atoms in total. The van der Waals surface area contributed by atoms with Crippen LogP contribution in [0, 0.1) is 0 Å². The third-order valence-corrected chi connectivity index (χ3v) is 9.57. The summed E-state index contributed by atoms with van der Waals surface area (Å²) in [7, 11) is 6.40. The predicted molar refractivity (Wildman–Crippen MR) is 199 cm³/mol. The van der Waals surface area contributed by atoms with Crippen LogP contribution in [-0.2, 0) is 27.8 Å². The number of esters is 1. The van der Waals surface area contributed by atoms with E-state index in [1.165, 1.54) is 27.4 Å². The van der Waals surface area contributed by atoms with Gasteiger partial charge in [0.1, 0.15) is 22.8 Å². The second-order valence-electron chi connectivity index (χ2n) is 13.2. The molecule has 1 amide bonds. The maximum atomic E-state index is 13.8. The number of aryl methyl sites for hydroxylation is 1. The Balaban J connectivity index is 1.55. The first kappa shape index (κ1) is 37.8. The fourth-order valence-electron chi connectivity index (χ4n) is 6.93. The van der Waals surface area contributed by atoms with Gasteiger partial charge < -0.3 is 39.0 Å². The quantitative estimate of drug-likeness (QED) is 0.148. The van der Waals surface area contributed by atoms with E-state index in [0.717, 1.165) is 16.5 Å². The summed E-state index contributed by atoms with van der Waals surface area (Å²) in [6.45, 7) is 2.08. The molecule has 0 saturated carbocycles. The van der Waals surface area contributed by atoms with E-state index in [1.807, 2.05) is 25.2 Å². The highest BCUT2D eigenvalue weighted by Crippen LogP contribution is 2.47. The van der Waals surface area contributed by atoms with Crippen LogP contribution in [-0.4, -0.2) is 66.4 Å². The Kier molecular flexibility index (Phi) is 12.5. The number of nitrogens with zero attached hydrogens (tertiary/aromatic N) is 1. The maximum Gasteiger partial charge on any atom is 0.342 e. The minimum atomic E-state index is -0.968. The molecule has 276 valence electrons. The molecule has 0 fully saturated rings. The van der Waals surface area contributed by atoms with Crippen molar-refractivity contribution >= 4 is 34.6 Å². The molecule has 0 aliphatic carbocycles. The van der Waals surface area contributed by atoms with Crippen molar-refractivity contribution in [3.63, 3.8) is 0 Å². The van der Waals surface area contributed by atoms with Crippen LogP contribution in [0.4, 0.5) is 0 Å². The number of nitrogens with one attached hydrogen (secondary N) is 1. The summed E-state index contributed by atoms with van der Waals surface area (Å²) in [6.07, 6.45) is 8.43. The van der Waals surface area contributed by atoms with Gasteiger partial charge in [0.2, 0.25) is 11.7 Å². The zero-order valence-corrected chi connectivity index (χ0v) is 30.5. The molecule has 1 unspecified atom stereocenters. The van der Waals surface area contributed by atoms with E-state index in [2.05, 4.69) is 22.1 Å². The number of fused-ring (bicyclic) bond motifs is 2. The van der Waals surface area contributed by atoms with Crippen LogP contribution in [0.5, 0.6) is 28.7 Å². The van der Waals surface area contributed by atoms with Gasteiger partial charge in [0.25, 0.3) is 0 Å². The third-order valence-electron chi connectivity index (χ3n) is 9.57. The normalized spacial score (nSPS) is 16.1. The molecule has 1 aliphatic heterocycles. The average molecular weight is 713 g/mol. The van der Waals surface area contributed by atoms with E-state index < -0.39 is 23.7 Å². The van der Waals surface area contributed by atoms with Gasteiger partial charge in [0, 0.05) is 61.4 Å². The number of amides is 1. The summed E-state index contributed by atoms with van der Waals surface area (Å²) >= 11 is 0. The summed E-state index contributed by atoms with van der Waals surface area (Å²) in [4.78, 5) is 39.8. The number of benzene rings is 3. The number of aromatic nitrogens is 1. The summed E-state index contributed by atoms with van der Waals surface area (Å²) in [5.74, 6) is -1.79. The number of ether oxygens (including phenoxy) is 4. The van der Waals surface area contributed by atoms with Gasteiger partial charge in [-0.05, 0) is 80.0 Å². The number of methoxy groups -OCH3 is 3. The first-order valence-electron chi connectivity index (χ1n) is 17.6. The number of phenols is 2. The lowest BCUT2D eigenvalue weighted by atomic mass is 9.84. The SMILES string of the molecule is COc1cc(C(CC(=O)NCCc2cn(C)c3ccccc23)c2c(O)cc3c(c2O)C(=O)O[C@@H](C)CCCC(=O)CCCC=C3)cc(OC)c1OC. The summed E-state index contributed by atoms with van der Waals surface area (Å²) in [5.41, 5.74) is 2.75. The molecular formula is C41H48N2O9. The highest BCUT2D eigenvalue weighted by Gasteiger charge is 2.32. The number of aromatic hydroxyl groups is 2. The number of hydrogen-bond acceptors (Lipinski definition) is 9. The number of ketones is 1. The molecule has 2 atom stereocenters. The van der Waals surface area contributed by atoms with E-state index in [1.54, 1.807) is 31.2 Å². The van der Waals surface area contributed by atoms with E-state index in [-0.39, 0.29) is 40.6 Å². The van der Waals surface area contributed by atoms with Gasteiger partial charge in [-0.3, -0.25) is 9.59 Å². The van der Waals surface area contributed by atoms with Crippen LogP contribution < -0.4 is 19.5 Å². The van der Waals surface area contributed by atoms with Crippen molar-refractivity contribution in [2.45, 2.75) is 70.3 Å². The Morgan fingerprint density at radius 2 is 1.73 bits per heavy atom. The largest absolute Gasteiger partial charge is 0.507 e. The average Bonchev–Trinajstić information content (AvgIpc) is 3.44. The van der Waals surface area contributed by atoms with Gasteiger partial charge in [-0.25, -0.2) is 4.79 Å². The number of phenolic OH excluding ortho intramolecular Hbond substituents is 2. The molecule has 1 aliphatic rings. The smallest absolute Gasteiger partial charge is 0.342 e. The van der Waals surface area contributed by atoms with Gasteiger partial charge in [0.15, 0.2) is 11.5 Å². The number of cyclic esters (lactones) is 1. The monoisotopic (exact) mass is 712 g/mol. The van der Waals surface area contributed by atoms with Crippen LogP contribution in [0.25, 0.3) is 17.0 Å². The van der Waals surface area contributed by atoms with Gasteiger partial charge >= 0.3 is 5.97 Å². The Hall–Kier alpha value is -5.45. The Bertz CT molecular complexity index is 1940. The van der Waals surface area contributed by atoms with Gasteiger partial charge in [-0.15, -0.1) is 0 Å². The second-order valence-corrected chi connectivity index (χ2v) is 13.2. The Morgan fingerprint density at radius 1 is 1.02 bits per heavy atom. The molecule has 0 bridgehead atoms. The zero-order valence-electron chi connectivity index (χ0n) is 30.5. The minimum Gasteiger partial charge on any atom is -0.507 e. The van der Waals surface area contributed by atoms with Crippen molar-refractivity contribution in [1.29, 1.82) is 0 Å². The fraction of sp³-hybridized carbons (Fsp3) is 0.390. The number of carbonyl (C=O) groups excluding carboxylic acids is 3. The molecule has 0 saturated heterocycles. The van der Waals surface area contributed by atoms with Crippen molar-refractivity contribution in [3.05, 3.63) is 82.6 Å². The fourth-order valence-corrected chi connectivity index (χ4v) is 6.93. The lowest BCUT2D eigenvalue weighted by Crippen LogP contribution is -2.27.